The Bertz CT molecular complexity index is 545. The maximum absolute atomic E-state index is 11.5. The summed E-state index contributed by atoms with van der Waals surface area (Å²) in [5.41, 5.74) is 1.69. The zero-order chi connectivity index (χ0) is 19.4. The number of halogens is 1. The molecule has 6 heteroatoms. The van der Waals surface area contributed by atoms with Crippen molar-refractivity contribution in [2.24, 2.45) is 0 Å². The minimum absolute atomic E-state index is 0.223. The van der Waals surface area contributed by atoms with Gasteiger partial charge in [-0.3, -0.25) is 4.79 Å². The van der Waals surface area contributed by atoms with Crippen LogP contribution in [0.15, 0.2) is 12.1 Å². The van der Waals surface area contributed by atoms with Gasteiger partial charge in [-0.2, -0.15) is 0 Å². The summed E-state index contributed by atoms with van der Waals surface area (Å²) < 4.78 is 16.8. The van der Waals surface area contributed by atoms with E-state index >= 15 is 0 Å². The molecule has 0 heterocycles. The van der Waals surface area contributed by atoms with E-state index in [1.807, 2.05) is 12.1 Å². The Labute approximate surface area is 161 Å². The van der Waals surface area contributed by atoms with Crippen LogP contribution in [-0.4, -0.2) is 36.8 Å². The summed E-state index contributed by atoms with van der Waals surface area (Å²) in [7, 11) is 0. The van der Waals surface area contributed by atoms with Gasteiger partial charge in [0.25, 0.3) is 0 Å². The maximum Gasteiger partial charge on any atom is 0.305 e. The monoisotopic (exact) mass is 386 g/mol. The van der Waals surface area contributed by atoms with Gasteiger partial charge in [0.15, 0.2) is 0 Å². The molecule has 0 bridgehead atoms. The first-order valence-corrected chi connectivity index (χ1v) is 9.89. The van der Waals surface area contributed by atoms with E-state index in [-0.39, 0.29) is 5.97 Å². The molecule has 0 aliphatic rings. The van der Waals surface area contributed by atoms with Gasteiger partial charge in [-0.25, -0.2) is 0 Å². The molecular formula is C20H31ClO5. The number of alkyl halides is 1. The highest BCUT2D eigenvalue weighted by Gasteiger charge is 2.18. The van der Waals surface area contributed by atoms with Crippen LogP contribution in [0.1, 0.15) is 63.7 Å². The van der Waals surface area contributed by atoms with Crippen LogP contribution in [-0.2, 0) is 16.0 Å². The molecule has 1 rings (SSSR count). The number of aliphatic hydroxyl groups is 1. The van der Waals surface area contributed by atoms with E-state index in [4.69, 9.17) is 25.8 Å². The van der Waals surface area contributed by atoms with Crippen LogP contribution in [0.25, 0.3) is 0 Å². The number of hydrogen-bond acceptors (Lipinski definition) is 5. The first kappa shape index (κ1) is 22.6. The van der Waals surface area contributed by atoms with Crippen LogP contribution in [0.3, 0.4) is 0 Å². The summed E-state index contributed by atoms with van der Waals surface area (Å²) >= 11 is 5.72. The Morgan fingerprint density at radius 2 is 1.92 bits per heavy atom. The van der Waals surface area contributed by atoms with E-state index in [1.54, 1.807) is 13.8 Å². The van der Waals surface area contributed by atoms with Crippen molar-refractivity contribution in [1.29, 1.82) is 0 Å². The molecule has 1 aromatic rings. The normalized spacial score (nSPS) is 11.9. The van der Waals surface area contributed by atoms with Gasteiger partial charge in [-0.1, -0.05) is 13.3 Å². The number of aliphatic hydroxyl groups excluding tert-OH is 1. The average molecular weight is 387 g/mol. The maximum atomic E-state index is 11.5. The Hall–Kier alpha value is -1.46. The lowest BCUT2D eigenvalue weighted by Gasteiger charge is -2.20. The third kappa shape index (κ3) is 7.42. The van der Waals surface area contributed by atoms with E-state index < -0.39 is 6.10 Å². The second-order valence-electron chi connectivity index (χ2n) is 6.03. The highest BCUT2D eigenvalue weighted by atomic mass is 35.5. The molecule has 0 spiro atoms. The second kappa shape index (κ2) is 12.8. The first-order chi connectivity index (χ1) is 12.5. The first-order valence-electron chi connectivity index (χ1n) is 9.36. The lowest BCUT2D eigenvalue weighted by Crippen LogP contribution is -2.10. The summed E-state index contributed by atoms with van der Waals surface area (Å²) in [6.07, 6.45) is 2.69. The van der Waals surface area contributed by atoms with Gasteiger partial charge in [-0.05, 0) is 45.2 Å². The predicted molar refractivity (Wildman–Crippen MR) is 103 cm³/mol. The van der Waals surface area contributed by atoms with E-state index in [1.165, 1.54) is 0 Å². The highest BCUT2D eigenvalue weighted by Crippen LogP contribution is 2.37. The molecule has 0 saturated heterocycles. The zero-order valence-corrected chi connectivity index (χ0v) is 16.8. The summed E-state index contributed by atoms with van der Waals surface area (Å²) in [5, 5.41) is 10.1. The molecule has 0 aliphatic heterocycles. The number of rotatable bonds is 13. The van der Waals surface area contributed by atoms with Crippen molar-refractivity contribution in [3.05, 3.63) is 23.3 Å². The fourth-order valence-electron chi connectivity index (χ4n) is 2.61. The average Bonchev–Trinajstić information content (AvgIpc) is 2.60. The molecule has 1 N–H and O–H groups in total. The highest BCUT2D eigenvalue weighted by molar-refractivity contribution is 6.17. The lowest BCUT2D eigenvalue weighted by molar-refractivity contribution is -0.143. The standard InChI is InChI=1S/C20H31ClO5/c1-4-8-17-18(25-14-7-12-21)11-10-16(15(3)22)20(17)26-13-6-9-19(23)24-5-2/h10-11,15,22H,4-9,12-14H2,1-3H3. The third-order valence-electron chi connectivity index (χ3n) is 3.81. The molecule has 0 amide bonds. The van der Waals surface area contributed by atoms with Crippen LogP contribution in [0.5, 0.6) is 11.5 Å². The Kier molecular flexibility index (Phi) is 11.1. The zero-order valence-electron chi connectivity index (χ0n) is 16.1. The SMILES string of the molecule is CCCc1c(OCCCCl)ccc(C(C)O)c1OCCCC(=O)OCC. The minimum Gasteiger partial charge on any atom is -0.493 e. The van der Waals surface area contributed by atoms with Crippen molar-refractivity contribution >= 4 is 17.6 Å². The molecule has 0 aromatic heterocycles. The molecule has 1 unspecified atom stereocenters. The Morgan fingerprint density at radius 1 is 1.19 bits per heavy atom. The molecule has 5 nitrogen and oxygen atoms in total. The Balaban J connectivity index is 2.91. The lowest BCUT2D eigenvalue weighted by atomic mass is 10.0. The van der Waals surface area contributed by atoms with Crippen LogP contribution < -0.4 is 9.47 Å². The molecule has 0 aliphatic carbocycles. The smallest absolute Gasteiger partial charge is 0.305 e. The van der Waals surface area contributed by atoms with Gasteiger partial charge in [0.2, 0.25) is 0 Å². The minimum atomic E-state index is -0.650. The van der Waals surface area contributed by atoms with Crippen molar-refractivity contribution < 1.29 is 24.1 Å². The number of carbonyl (C=O) groups excluding carboxylic acids is 1. The molecular weight excluding hydrogens is 356 g/mol. The molecule has 148 valence electrons. The summed E-state index contributed by atoms with van der Waals surface area (Å²) in [4.78, 5) is 11.5. The van der Waals surface area contributed by atoms with Gasteiger partial charge >= 0.3 is 5.97 Å². The van der Waals surface area contributed by atoms with E-state index in [9.17, 15) is 9.90 Å². The number of benzene rings is 1. The molecule has 0 radical (unpaired) electrons. The molecule has 1 atom stereocenters. The summed E-state index contributed by atoms with van der Waals surface area (Å²) in [6.45, 7) is 6.88. The number of ether oxygens (including phenoxy) is 3. The van der Waals surface area contributed by atoms with E-state index in [2.05, 4.69) is 6.92 Å². The van der Waals surface area contributed by atoms with E-state index in [0.29, 0.717) is 44.3 Å². The van der Waals surface area contributed by atoms with Crippen molar-refractivity contribution in [3.8, 4) is 11.5 Å². The largest absolute Gasteiger partial charge is 0.493 e. The summed E-state index contributed by atoms with van der Waals surface area (Å²) in [6, 6.07) is 3.72. The fourth-order valence-corrected chi connectivity index (χ4v) is 2.72. The fraction of sp³-hybridized carbons (Fsp3) is 0.650. The third-order valence-corrected chi connectivity index (χ3v) is 4.08. The number of carbonyl (C=O) groups is 1. The van der Waals surface area contributed by atoms with E-state index in [0.717, 1.165) is 36.1 Å². The second-order valence-corrected chi connectivity index (χ2v) is 6.41. The molecule has 26 heavy (non-hydrogen) atoms. The van der Waals surface area contributed by atoms with Gasteiger partial charge in [-0.15, -0.1) is 11.6 Å². The van der Waals surface area contributed by atoms with Crippen LogP contribution in [0, 0.1) is 0 Å². The summed E-state index contributed by atoms with van der Waals surface area (Å²) in [5.74, 6) is 1.75. The quantitative estimate of drug-likeness (QED) is 0.309. The van der Waals surface area contributed by atoms with Crippen molar-refractivity contribution in [1.82, 2.24) is 0 Å². The van der Waals surface area contributed by atoms with Crippen molar-refractivity contribution in [2.45, 2.75) is 59.0 Å². The van der Waals surface area contributed by atoms with Crippen molar-refractivity contribution in [3.63, 3.8) is 0 Å². The van der Waals surface area contributed by atoms with Gasteiger partial charge in [0.05, 0.1) is 25.9 Å². The molecule has 0 fully saturated rings. The van der Waals surface area contributed by atoms with Gasteiger partial charge in [0.1, 0.15) is 11.5 Å². The molecule has 0 saturated carbocycles. The Morgan fingerprint density at radius 3 is 2.54 bits per heavy atom. The predicted octanol–water partition coefficient (Wildman–Crippen LogP) is 4.42. The topological polar surface area (TPSA) is 65.0 Å². The molecule has 1 aromatic carbocycles. The van der Waals surface area contributed by atoms with Crippen LogP contribution >= 0.6 is 11.6 Å². The number of hydrogen-bond donors (Lipinski definition) is 1. The van der Waals surface area contributed by atoms with Crippen LogP contribution in [0.4, 0.5) is 0 Å². The van der Waals surface area contributed by atoms with Gasteiger partial charge < -0.3 is 19.3 Å². The number of esters is 1. The van der Waals surface area contributed by atoms with Crippen molar-refractivity contribution in [2.75, 3.05) is 25.7 Å². The van der Waals surface area contributed by atoms with Gasteiger partial charge in [0, 0.05) is 23.4 Å². The van der Waals surface area contributed by atoms with Crippen LogP contribution in [0.2, 0.25) is 0 Å².